The van der Waals surface area contributed by atoms with E-state index in [1.165, 1.54) is 7.11 Å². The molecule has 5 nitrogen and oxygen atoms in total. The smallest absolute Gasteiger partial charge is 0.306 e. The first kappa shape index (κ1) is 14.7. The zero-order valence-electron chi connectivity index (χ0n) is 11.3. The maximum Gasteiger partial charge on any atom is 0.306 e. The number of nitriles is 1. The quantitative estimate of drug-likeness (QED) is 0.743. The van der Waals surface area contributed by atoms with Crippen LogP contribution < -0.4 is 0 Å². The molecule has 2 rings (SSSR count). The zero-order chi connectivity index (χ0) is 14.6. The molecule has 1 heterocycles. The fraction of sp³-hybridized carbons (Fsp3) is 0.500. The first-order valence-corrected chi connectivity index (χ1v) is 7.83. The van der Waals surface area contributed by atoms with Gasteiger partial charge in [-0.25, -0.2) is 4.98 Å². The second-order valence-corrected chi connectivity index (χ2v) is 6.56. The average molecular weight is 292 g/mol. The minimum absolute atomic E-state index is 0.160. The fourth-order valence-electron chi connectivity index (χ4n) is 2.15. The van der Waals surface area contributed by atoms with E-state index in [0.29, 0.717) is 29.2 Å². The monoisotopic (exact) mass is 292 g/mol. The van der Waals surface area contributed by atoms with E-state index in [0.717, 1.165) is 12.8 Å². The van der Waals surface area contributed by atoms with Gasteiger partial charge in [-0.3, -0.25) is 9.00 Å². The van der Waals surface area contributed by atoms with Crippen LogP contribution in [-0.4, -0.2) is 28.0 Å². The minimum Gasteiger partial charge on any atom is -0.469 e. The lowest BCUT2D eigenvalue weighted by atomic mass is 10.1. The summed E-state index contributed by atoms with van der Waals surface area (Å²) >= 11 is 0. The number of ether oxygens (including phenoxy) is 1. The number of pyridine rings is 1. The Bertz CT molecular complexity index is 576. The number of carbonyl (C=O) groups excluding carboxylic acids is 1. The lowest BCUT2D eigenvalue weighted by Crippen LogP contribution is -2.18. The van der Waals surface area contributed by atoms with Crippen molar-refractivity contribution in [2.45, 2.75) is 25.0 Å². The summed E-state index contributed by atoms with van der Waals surface area (Å²) in [7, 11) is 0.258. The van der Waals surface area contributed by atoms with Gasteiger partial charge in [-0.15, -0.1) is 0 Å². The molecule has 1 aromatic rings. The molecular weight excluding hydrogens is 276 g/mol. The lowest BCUT2D eigenvalue weighted by Gasteiger charge is -2.13. The highest BCUT2D eigenvalue weighted by molar-refractivity contribution is 7.84. The molecule has 1 atom stereocenters. The summed E-state index contributed by atoms with van der Waals surface area (Å²) in [6.07, 6.45) is 3.69. The van der Waals surface area contributed by atoms with Crippen LogP contribution in [-0.2, 0) is 26.1 Å². The van der Waals surface area contributed by atoms with Crippen molar-refractivity contribution in [3.63, 3.8) is 0 Å². The number of nitrogens with zero attached hydrogens (tertiary/aromatic N) is 2. The van der Waals surface area contributed by atoms with Crippen LogP contribution in [0.1, 0.15) is 30.5 Å². The van der Waals surface area contributed by atoms with Gasteiger partial charge in [-0.1, -0.05) is 6.07 Å². The largest absolute Gasteiger partial charge is 0.469 e. The molecule has 0 saturated heterocycles. The van der Waals surface area contributed by atoms with Gasteiger partial charge in [-0.2, -0.15) is 5.26 Å². The summed E-state index contributed by atoms with van der Waals surface area (Å²) in [6, 6.07) is 5.50. The molecule has 0 bridgehead atoms. The SMILES string of the molecule is COC(=O)CC1(CS(=O)Cc2cccnc2C#N)CC1. The lowest BCUT2D eigenvalue weighted by molar-refractivity contribution is -0.141. The second kappa shape index (κ2) is 6.14. The van der Waals surface area contributed by atoms with Gasteiger partial charge in [0.1, 0.15) is 11.8 Å². The highest BCUT2D eigenvalue weighted by Gasteiger charge is 2.45. The molecule has 0 amide bonds. The molecule has 1 unspecified atom stereocenters. The summed E-state index contributed by atoms with van der Waals surface area (Å²) in [5.74, 6) is 0.528. The van der Waals surface area contributed by atoms with Crippen LogP contribution in [0.2, 0.25) is 0 Å². The van der Waals surface area contributed by atoms with Crippen LogP contribution in [0.5, 0.6) is 0 Å². The normalized spacial score (nSPS) is 17.0. The Balaban J connectivity index is 1.96. The molecule has 0 radical (unpaired) electrons. The third-order valence-corrected chi connectivity index (χ3v) is 5.05. The van der Waals surface area contributed by atoms with E-state index in [-0.39, 0.29) is 11.4 Å². The predicted octanol–water partition coefficient (Wildman–Crippen LogP) is 1.55. The van der Waals surface area contributed by atoms with Crippen LogP contribution in [0.25, 0.3) is 0 Å². The molecule has 1 aliphatic carbocycles. The summed E-state index contributed by atoms with van der Waals surface area (Å²) in [5.41, 5.74) is 0.855. The zero-order valence-corrected chi connectivity index (χ0v) is 12.1. The summed E-state index contributed by atoms with van der Waals surface area (Å²) < 4.78 is 16.9. The minimum atomic E-state index is -1.11. The van der Waals surface area contributed by atoms with E-state index in [1.807, 2.05) is 6.07 Å². The molecule has 106 valence electrons. The molecule has 20 heavy (non-hydrogen) atoms. The van der Waals surface area contributed by atoms with Crippen molar-refractivity contribution in [3.8, 4) is 6.07 Å². The number of rotatable bonds is 6. The molecule has 1 aliphatic rings. The molecule has 0 aliphatic heterocycles. The van der Waals surface area contributed by atoms with Crippen molar-refractivity contribution in [3.05, 3.63) is 29.6 Å². The standard InChI is InChI=1S/C14H16N2O3S/c1-19-13(17)7-14(4-5-14)10-20(18)9-11-3-2-6-16-12(11)8-15/h2-3,6H,4-5,7,9-10H2,1H3. The van der Waals surface area contributed by atoms with Gasteiger partial charge >= 0.3 is 5.97 Å². The van der Waals surface area contributed by atoms with E-state index in [2.05, 4.69) is 9.72 Å². The highest BCUT2D eigenvalue weighted by atomic mass is 32.2. The molecule has 1 aromatic heterocycles. The van der Waals surface area contributed by atoms with Gasteiger partial charge in [0, 0.05) is 28.3 Å². The summed E-state index contributed by atoms with van der Waals surface area (Å²) in [6.45, 7) is 0. The Labute approximate surface area is 120 Å². The maximum atomic E-state index is 12.2. The van der Waals surface area contributed by atoms with Gasteiger partial charge in [-0.05, 0) is 24.3 Å². The number of hydrogen-bond donors (Lipinski definition) is 0. The van der Waals surface area contributed by atoms with Crippen LogP contribution in [0, 0.1) is 16.7 Å². The van der Waals surface area contributed by atoms with Crippen LogP contribution in [0.15, 0.2) is 18.3 Å². The van der Waals surface area contributed by atoms with Crippen LogP contribution in [0.3, 0.4) is 0 Å². The Morgan fingerprint density at radius 2 is 2.35 bits per heavy atom. The van der Waals surface area contributed by atoms with Gasteiger partial charge in [0.2, 0.25) is 0 Å². The first-order chi connectivity index (χ1) is 9.58. The van der Waals surface area contributed by atoms with Gasteiger partial charge < -0.3 is 4.74 Å². The van der Waals surface area contributed by atoms with Gasteiger partial charge in [0.15, 0.2) is 0 Å². The van der Waals surface area contributed by atoms with Crippen molar-refractivity contribution >= 4 is 16.8 Å². The summed E-state index contributed by atoms with van der Waals surface area (Å²) in [5, 5.41) is 8.95. The van der Waals surface area contributed by atoms with E-state index in [4.69, 9.17) is 5.26 Å². The molecule has 6 heteroatoms. The van der Waals surface area contributed by atoms with Crippen molar-refractivity contribution in [2.24, 2.45) is 5.41 Å². The molecular formula is C14H16N2O3S. The Hall–Kier alpha value is -1.74. The number of aromatic nitrogens is 1. The van der Waals surface area contributed by atoms with Gasteiger partial charge in [0.25, 0.3) is 0 Å². The van der Waals surface area contributed by atoms with E-state index < -0.39 is 10.8 Å². The first-order valence-electron chi connectivity index (χ1n) is 6.34. The molecule has 0 aromatic carbocycles. The maximum absolute atomic E-state index is 12.2. The van der Waals surface area contributed by atoms with Crippen LogP contribution >= 0.6 is 0 Å². The van der Waals surface area contributed by atoms with E-state index in [1.54, 1.807) is 18.3 Å². The Morgan fingerprint density at radius 1 is 1.60 bits per heavy atom. The molecule has 0 N–H and O–H groups in total. The average Bonchev–Trinajstić information content (AvgIpc) is 3.18. The number of esters is 1. The molecule has 1 saturated carbocycles. The third-order valence-electron chi connectivity index (χ3n) is 3.48. The Kier molecular flexibility index (Phi) is 4.50. The van der Waals surface area contributed by atoms with Crippen molar-refractivity contribution in [1.82, 2.24) is 4.98 Å². The van der Waals surface area contributed by atoms with E-state index >= 15 is 0 Å². The predicted molar refractivity (Wildman–Crippen MR) is 74.0 cm³/mol. The van der Waals surface area contributed by atoms with Crippen molar-refractivity contribution < 1.29 is 13.7 Å². The highest BCUT2D eigenvalue weighted by Crippen LogP contribution is 2.49. The number of hydrogen-bond acceptors (Lipinski definition) is 5. The van der Waals surface area contributed by atoms with Gasteiger partial charge in [0.05, 0.1) is 19.3 Å². The van der Waals surface area contributed by atoms with Crippen molar-refractivity contribution in [1.29, 1.82) is 5.26 Å². The molecule has 1 fully saturated rings. The second-order valence-electron chi connectivity index (χ2n) is 5.10. The third kappa shape index (κ3) is 3.64. The topological polar surface area (TPSA) is 80.1 Å². The number of carbonyl (C=O) groups is 1. The number of methoxy groups -OCH3 is 1. The molecule has 0 spiro atoms. The van der Waals surface area contributed by atoms with Crippen LogP contribution in [0.4, 0.5) is 0 Å². The Morgan fingerprint density at radius 3 is 2.95 bits per heavy atom. The van der Waals surface area contributed by atoms with E-state index in [9.17, 15) is 9.00 Å². The van der Waals surface area contributed by atoms with Crippen molar-refractivity contribution in [2.75, 3.05) is 12.9 Å². The summed E-state index contributed by atoms with van der Waals surface area (Å²) in [4.78, 5) is 15.3. The fourth-order valence-corrected chi connectivity index (χ4v) is 3.90.